The second-order valence-corrected chi connectivity index (χ2v) is 9.16. The number of amides is 1. The Kier molecular flexibility index (Phi) is 6.68. The smallest absolute Gasteiger partial charge is 0.271 e. The van der Waals surface area contributed by atoms with Gasteiger partial charge in [-0.25, -0.2) is 13.8 Å². The van der Waals surface area contributed by atoms with Crippen LogP contribution in [0.2, 0.25) is 0 Å². The molecule has 1 fully saturated rings. The Hall–Kier alpha value is -2.88. The van der Waals surface area contributed by atoms with Crippen LogP contribution in [0.15, 0.2) is 58.5 Å². The highest BCUT2D eigenvalue weighted by molar-refractivity contribution is 7.92. The van der Waals surface area contributed by atoms with E-state index in [0.29, 0.717) is 10.4 Å². The van der Waals surface area contributed by atoms with Crippen molar-refractivity contribution in [3.8, 4) is 0 Å². The quantitative estimate of drug-likeness (QED) is 0.664. The molecule has 2 aromatic carbocycles. The Morgan fingerprint density at radius 1 is 1.10 bits per heavy atom. The van der Waals surface area contributed by atoms with E-state index in [2.05, 4.69) is 10.5 Å². The van der Waals surface area contributed by atoms with E-state index in [-0.39, 0.29) is 10.6 Å². The van der Waals surface area contributed by atoms with Gasteiger partial charge in [-0.05, 0) is 62.9 Å². The van der Waals surface area contributed by atoms with Crippen LogP contribution in [-0.2, 0) is 21.0 Å². The number of benzene rings is 2. The van der Waals surface area contributed by atoms with Crippen molar-refractivity contribution in [2.75, 3.05) is 10.8 Å². The molecule has 0 saturated heterocycles. The summed E-state index contributed by atoms with van der Waals surface area (Å²) in [6, 6.07) is 9.72. The van der Waals surface area contributed by atoms with Gasteiger partial charge >= 0.3 is 6.18 Å². The molecule has 0 bridgehead atoms. The maximum Gasteiger partial charge on any atom is 0.416 e. The molecule has 1 amide bonds. The van der Waals surface area contributed by atoms with E-state index in [9.17, 15) is 26.4 Å². The Morgan fingerprint density at radius 2 is 1.74 bits per heavy atom. The third-order valence-corrected chi connectivity index (χ3v) is 6.67. The van der Waals surface area contributed by atoms with Crippen molar-refractivity contribution in [1.82, 2.24) is 5.43 Å². The highest BCUT2D eigenvalue weighted by Crippen LogP contribution is 2.33. The minimum Gasteiger partial charge on any atom is -0.271 e. The lowest BCUT2D eigenvalue weighted by molar-refractivity contribution is -0.137. The molecule has 2 aromatic rings. The predicted octanol–water partition coefficient (Wildman–Crippen LogP) is 4.26. The van der Waals surface area contributed by atoms with E-state index >= 15 is 0 Å². The van der Waals surface area contributed by atoms with E-state index in [0.717, 1.165) is 49.1 Å². The van der Waals surface area contributed by atoms with Crippen LogP contribution in [0, 0.1) is 6.92 Å². The molecule has 10 heteroatoms. The summed E-state index contributed by atoms with van der Waals surface area (Å²) in [6.45, 7) is 1.06. The van der Waals surface area contributed by atoms with E-state index in [4.69, 9.17) is 0 Å². The molecule has 0 heterocycles. The summed E-state index contributed by atoms with van der Waals surface area (Å²) in [6.07, 6.45) is -1.23. The lowest BCUT2D eigenvalue weighted by atomic mass is 10.2. The number of aryl methyl sites for hydroxylation is 1. The van der Waals surface area contributed by atoms with Gasteiger partial charge in [-0.1, -0.05) is 23.8 Å². The minimum absolute atomic E-state index is 0.134. The van der Waals surface area contributed by atoms with Crippen LogP contribution in [-0.4, -0.2) is 26.6 Å². The molecule has 0 aliphatic heterocycles. The van der Waals surface area contributed by atoms with Gasteiger partial charge in [-0.2, -0.15) is 18.3 Å². The molecule has 0 aromatic heterocycles. The highest BCUT2D eigenvalue weighted by atomic mass is 32.2. The monoisotopic (exact) mass is 453 g/mol. The van der Waals surface area contributed by atoms with Crippen LogP contribution in [0.4, 0.5) is 18.9 Å². The fraction of sp³-hybridized carbons (Fsp3) is 0.333. The molecule has 1 aliphatic rings. The lowest BCUT2D eigenvalue weighted by Crippen LogP contribution is -2.39. The first-order valence-corrected chi connectivity index (χ1v) is 11.1. The van der Waals surface area contributed by atoms with Crippen molar-refractivity contribution in [3.63, 3.8) is 0 Å². The molecular formula is C21H22F3N3O3S. The zero-order valence-corrected chi connectivity index (χ0v) is 17.6. The summed E-state index contributed by atoms with van der Waals surface area (Å²) >= 11 is 0. The average molecular weight is 453 g/mol. The number of carbonyl (C=O) groups excluding carboxylic acids is 1. The van der Waals surface area contributed by atoms with Crippen LogP contribution in [0.1, 0.15) is 36.8 Å². The number of hydrogen-bond donors (Lipinski definition) is 1. The average Bonchev–Trinajstić information content (AvgIpc) is 3.24. The van der Waals surface area contributed by atoms with Gasteiger partial charge in [-0.15, -0.1) is 0 Å². The first-order chi connectivity index (χ1) is 14.6. The van der Waals surface area contributed by atoms with Crippen molar-refractivity contribution in [2.24, 2.45) is 5.10 Å². The third kappa shape index (κ3) is 5.63. The number of alkyl halides is 3. The van der Waals surface area contributed by atoms with Gasteiger partial charge in [0.05, 0.1) is 16.1 Å². The predicted molar refractivity (Wildman–Crippen MR) is 111 cm³/mol. The molecule has 0 spiro atoms. The van der Waals surface area contributed by atoms with Crippen molar-refractivity contribution in [3.05, 3.63) is 59.7 Å². The van der Waals surface area contributed by atoms with Crippen molar-refractivity contribution >= 4 is 27.3 Å². The fourth-order valence-corrected chi connectivity index (χ4v) is 4.60. The van der Waals surface area contributed by atoms with Gasteiger partial charge in [0.15, 0.2) is 0 Å². The molecule has 3 rings (SSSR count). The number of rotatable bonds is 6. The van der Waals surface area contributed by atoms with E-state index < -0.39 is 34.2 Å². The van der Waals surface area contributed by atoms with E-state index in [1.54, 1.807) is 19.1 Å². The lowest BCUT2D eigenvalue weighted by Gasteiger charge is -2.24. The number of sulfonamides is 1. The van der Waals surface area contributed by atoms with Crippen molar-refractivity contribution in [1.29, 1.82) is 0 Å². The maximum atomic E-state index is 13.2. The minimum atomic E-state index is -4.66. The topological polar surface area (TPSA) is 78.8 Å². The van der Waals surface area contributed by atoms with Crippen LogP contribution in [0.25, 0.3) is 0 Å². The summed E-state index contributed by atoms with van der Waals surface area (Å²) in [4.78, 5) is 12.3. The number of hydrazone groups is 1. The number of carbonyl (C=O) groups is 1. The van der Waals surface area contributed by atoms with Crippen LogP contribution in [0.3, 0.4) is 0 Å². The SMILES string of the molecule is Cc1ccc(S(=O)(=O)N(CC(=O)NN=C2CCCC2)c2cccc(C(F)(F)F)c2)cc1. The number of nitrogens with zero attached hydrogens (tertiary/aromatic N) is 2. The second kappa shape index (κ2) is 9.09. The van der Waals surface area contributed by atoms with Gasteiger partial charge < -0.3 is 0 Å². The molecule has 0 radical (unpaired) electrons. The molecule has 1 saturated carbocycles. The zero-order valence-electron chi connectivity index (χ0n) is 16.8. The molecule has 0 unspecified atom stereocenters. The van der Waals surface area contributed by atoms with Gasteiger partial charge in [0.2, 0.25) is 0 Å². The first-order valence-electron chi connectivity index (χ1n) is 9.68. The van der Waals surface area contributed by atoms with E-state index in [1.807, 2.05) is 0 Å². The van der Waals surface area contributed by atoms with Crippen LogP contribution < -0.4 is 9.73 Å². The molecule has 1 aliphatic carbocycles. The maximum absolute atomic E-state index is 13.2. The molecule has 6 nitrogen and oxygen atoms in total. The molecule has 1 N–H and O–H groups in total. The number of halogens is 3. The Balaban J connectivity index is 1.96. The van der Waals surface area contributed by atoms with Gasteiger partial charge in [0.1, 0.15) is 6.54 Å². The van der Waals surface area contributed by atoms with Gasteiger partial charge in [-0.3, -0.25) is 9.10 Å². The molecule has 0 atom stereocenters. The summed E-state index contributed by atoms with van der Waals surface area (Å²) in [5, 5.41) is 4.01. The number of anilines is 1. The van der Waals surface area contributed by atoms with Crippen molar-refractivity contribution < 1.29 is 26.4 Å². The van der Waals surface area contributed by atoms with Gasteiger partial charge in [0.25, 0.3) is 15.9 Å². The Labute approximate surface area is 178 Å². The molecular weight excluding hydrogens is 431 g/mol. The Morgan fingerprint density at radius 3 is 2.35 bits per heavy atom. The molecule has 31 heavy (non-hydrogen) atoms. The largest absolute Gasteiger partial charge is 0.416 e. The van der Waals surface area contributed by atoms with Crippen LogP contribution >= 0.6 is 0 Å². The second-order valence-electron chi connectivity index (χ2n) is 7.29. The number of nitrogens with one attached hydrogen (secondary N) is 1. The van der Waals surface area contributed by atoms with E-state index in [1.165, 1.54) is 18.2 Å². The summed E-state index contributed by atoms with van der Waals surface area (Å²) in [5.74, 6) is -0.743. The Bertz CT molecular complexity index is 1070. The van der Waals surface area contributed by atoms with Gasteiger partial charge in [0, 0.05) is 5.71 Å². The normalized spacial score (nSPS) is 14.4. The summed E-state index contributed by atoms with van der Waals surface area (Å²) in [7, 11) is -4.31. The molecule has 166 valence electrons. The number of hydrogen-bond acceptors (Lipinski definition) is 4. The summed E-state index contributed by atoms with van der Waals surface area (Å²) < 4.78 is 66.7. The third-order valence-electron chi connectivity index (χ3n) is 4.88. The fourth-order valence-electron chi connectivity index (χ4n) is 3.19. The highest BCUT2D eigenvalue weighted by Gasteiger charge is 2.33. The summed E-state index contributed by atoms with van der Waals surface area (Å²) in [5.41, 5.74) is 2.67. The first kappa shape index (κ1) is 22.8. The zero-order chi connectivity index (χ0) is 22.6. The van der Waals surface area contributed by atoms with Crippen molar-refractivity contribution in [2.45, 2.75) is 43.7 Å². The standard InChI is InChI=1S/C21H22F3N3O3S/c1-15-9-11-19(12-10-15)31(29,30)27(14-20(28)26-25-17-6-2-3-7-17)18-8-4-5-16(13-18)21(22,23)24/h4-5,8-13H,2-3,6-7,14H2,1H3,(H,26,28). The van der Waals surface area contributed by atoms with Crippen LogP contribution in [0.5, 0.6) is 0 Å².